The van der Waals surface area contributed by atoms with Crippen molar-refractivity contribution in [3.8, 4) is 0 Å². The molecule has 2 aliphatic heterocycles. The highest BCUT2D eigenvalue weighted by molar-refractivity contribution is 6.21. The highest BCUT2D eigenvalue weighted by Gasteiger charge is 2.35. The second-order valence-electron chi connectivity index (χ2n) is 6.73. The van der Waals surface area contributed by atoms with E-state index in [4.69, 9.17) is 5.73 Å². The van der Waals surface area contributed by atoms with Crippen LogP contribution in [0.5, 0.6) is 0 Å². The van der Waals surface area contributed by atoms with Crippen LogP contribution in [0.15, 0.2) is 48.5 Å². The second kappa shape index (κ2) is 6.80. The second-order valence-corrected chi connectivity index (χ2v) is 6.73. The molecule has 2 heterocycles. The molecule has 6 nitrogen and oxygen atoms in total. The third-order valence-corrected chi connectivity index (χ3v) is 5.15. The van der Waals surface area contributed by atoms with Crippen molar-refractivity contribution < 1.29 is 9.59 Å². The zero-order chi connectivity index (χ0) is 18.1. The van der Waals surface area contributed by atoms with Crippen LogP contribution in [0.4, 0.5) is 11.4 Å². The maximum absolute atomic E-state index is 12.4. The van der Waals surface area contributed by atoms with Crippen molar-refractivity contribution in [2.75, 3.05) is 49.9 Å². The van der Waals surface area contributed by atoms with Gasteiger partial charge in [-0.2, -0.15) is 0 Å². The van der Waals surface area contributed by atoms with Gasteiger partial charge in [-0.1, -0.05) is 12.1 Å². The average molecular weight is 350 g/mol. The largest absolute Gasteiger partial charge is 0.399 e. The molecular weight excluding hydrogens is 328 g/mol. The van der Waals surface area contributed by atoms with Crippen LogP contribution >= 0.6 is 0 Å². The molecular formula is C20H22N4O2. The Kier molecular flexibility index (Phi) is 4.34. The lowest BCUT2D eigenvalue weighted by atomic mass is 10.1. The molecule has 0 radical (unpaired) electrons. The van der Waals surface area contributed by atoms with E-state index in [0.717, 1.165) is 31.9 Å². The summed E-state index contributed by atoms with van der Waals surface area (Å²) in [6.45, 7) is 4.81. The van der Waals surface area contributed by atoms with Crippen LogP contribution in [-0.2, 0) is 0 Å². The number of hydrogen-bond acceptors (Lipinski definition) is 5. The SMILES string of the molecule is Nc1ccc(N2CCN(CCN3C(=O)c4ccccc4C3=O)CC2)cc1. The molecule has 134 valence electrons. The minimum Gasteiger partial charge on any atom is -0.399 e. The number of piperazine rings is 1. The van der Waals surface area contributed by atoms with Crippen LogP contribution in [0.1, 0.15) is 20.7 Å². The van der Waals surface area contributed by atoms with Crippen molar-refractivity contribution in [1.82, 2.24) is 9.80 Å². The number of nitrogens with two attached hydrogens (primary N) is 1. The van der Waals surface area contributed by atoms with Gasteiger partial charge in [-0.3, -0.25) is 19.4 Å². The third-order valence-electron chi connectivity index (χ3n) is 5.15. The first-order chi connectivity index (χ1) is 12.6. The molecule has 2 aromatic carbocycles. The molecule has 26 heavy (non-hydrogen) atoms. The topological polar surface area (TPSA) is 69.9 Å². The first-order valence-corrected chi connectivity index (χ1v) is 8.91. The number of fused-ring (bicyclic) bond motifs is 1. The fraction of sp³-hybridized carbons (Fsp3) is 0.300. The lowest BCUT2D eigenvalue weighted by Gasteiger charge is -2.36. The summed E-state index contributed by atoms with van der Waals surface area (Å²) in [5.74, 6) is -0.350. The molecule has 0 unspecified atom stereocenters. The predicted molar refractivity (Wildman–Crippen MR) is 101 cm³/mol. The van der Waals surface area contributed by atoms with Crippen molar-refractivity contribution >= 4 is 23.2 Å². The van der Waals surface area contributed by atoms with Gasteiger partial charge < -0.3 is 10.6 Å². The first-order valence-electron chi connectivity index (χ1n) is 8.91. The number of hydrogen-bond donors (Lipinski definition) is 1. The van der Waals surface area contributed by atoms with Crippen molar-refractivity contribution in [3.63, 3.8) is 0 Å². The standard InChI is InChI=1S/C20H22N4O2/c21-15-5-7-16(8-6-15)23-12-9-22(10-13-23)11-14-24-19(25)17-3-1-2-4-18(17)20(24)26/h1-8H,9-14,21H2. The Balaban J connectivity index is 1.31. The fourth-order valence-corrected chi connectivity index (χ4v) is 3.60. The summed E-state index contributed by atoms with van der Waals surface area (Å²) in [4.78, 5) is 30.8. The zero-order valence-electron chi connectivity index (χ0n) is 14.6. The average Bonchev–Trinajstić information content (AvgIpc) is 2.92. The minimum atomic E-state index is -0.175. The van der Waals surface area contributed by atoms with Crippen LogP contribution in [0.3, 0.4) is 0 Å². The van der Waals surface area contributed by atoms with E-state index in [0.29, 0.717) is 24.2 Å². The maximum atomic E-state index is 12.4. The van der Waals surface area contributed by atoms with E-state index in [2.05, 4.69) is 9.80 Å². The molecule has 2 N–H and O–H groups in total. The van der Waals surface area contributed by atoms with Crippen LogP contribution in [0, 0.1) is 0 Å². The number of benzene rings is 2. The summed E-state index contributed by atoms with van der Waals surface area (Å²) in [7, 11) is 0. The van der Waals surface area contributed by atoms with Crippen molar-refractivity contribution in [2.24, 2.45) is 0 Å². The molecule has 2 aromatic rings. The lowest BCUT2D eigenvalue weighted by molar-refractivity contribution is 0.0635. The van der Waals surface area contributed by atoms with Gasteiger partial charge >= 0.3 is 0 Å². The van der Waals surface area contributed by atoms with E-state index in [9.17, 15) is 9.59 Å². The number of anilines is 2. The highest BCUT2D eigenvalue weighted by Crippen LogP contribution is 2.22. The number of imide groups is 1. The smallest absolute Gasteiger partial charge is 0.261 e. The Morgan fingerprint density at radius 3 is 1.92 bits per heavy atom. The molecule has 0 spiro atoms. The zero-order valence-corrected chi connectivity index (χ0v) is 14.6. The maximum Gasteiger partial charge on any atom is 0.261 e. The predicted octanol–water partition coefficient (Wildman–Crippen LogP) is 1.69. The number of rotatable bonds is 4. The van der Waals surface area contributed by atoms with Gasteiger partial charge in [-0.25, -0.2) is 0 Å². The molecule has 0 aliphatic carbocycles. The molecule has 4 rings (SSSR count). The summed E-state index contributed by atoms with van der Waals surface area (Å²) in [6, 6.07) is 15.0. The lowest BCUT2D eigenvalue weighted by Crippen LogP contribution is -2.49. The normalized spacial score (nSPS) is 17.7. The van der Waals surface area contributed by atoms with Gasteiger partial charge in [0.05, 0.1) is 11.1 Å². The summed E-state index contributed by atoms with van der Waals surface area (Å²) in [5, 5.41) is 0. The molecule has 0 atom stereocenters. The van der Waals surface area contributed by atoms with E-state index in [1.54, 1.807) is 24.3 Å². The molecule has 2 amide bonds. The third kappa shape index (κ3) is 3.04. The molecule has 1 saturated heterocycles. The number of carbonyl (C=O) groups is 2. The van der Waals surface area contributed by atoms with Crippen molar-refractivity contribution in [1.29, 1.82) is 0 Å². The molecule has 0 aromatic heterocycles. The quantitative estimate of drug-likeness (QED) is 0.671. The number of amides is 2. The Labute approximate surface area is 152 Å². The fourth-order valence-electron chi connectivity index (χ4n) is 3.60. The van der Waals surface area contributed by atoms with Crippen LogP contribution in [-0.4, -0.2) is 60.9 Å². The molecule has 0 bridgehead atoms. The van der Waals surface area contributed by atoms with Gasteiger partial charge in [-0.15, -0.1) is 0 Å². The van der Waals surface area contributed by atoms with Crippen LogP contribution in [0.2, 0.25) is 0 Å². The summed E-state index contributed by atoms with van der Waals surface area (Å²) in [5.41, 5.74) is 8.73. The number of carbonyl (C=O) groups excluding carboxylic acids is 2. The summed E-state index contributed by atoms with van der Waals surface area (Å²) in [6.07, 6.45) is 0. The van der Waals surface area contributed by atoms with Gasteiger partial charge in [0.25, 0.3) is 11.8 Å². The van der Waals surface area contributed by atoms with Crippen molar-refractivity contribution in [2.45, 2.75) is 0 Å². The van der Waals surface area contributed by atoms with Crippen LogP contribution < -0.4 is 10.6 Å². The van der Waals surface area contributed by atoms with Gasteiger partial charge in [0.1, 0.15) is 0 Å². The molecule has 6 heteroatoms. The Morgan fingerprint density at radius 1 is 0.769 bits per heavy atom. The van der Waals surface area contributed by atoms with Gasteiger partial charge in [0.15, 0.2) is 0 Å². The van der Waals surface area contributed by atoms with E-state index in [-0.39, 0.29) is 11.8 Å². The van der Waals surface area contributed by atoms with E-state index in [1.807, 2.05) is 24.3 Å². The van der Waals surface area contributed by atoms with E-state index < -0.39 is 0 Å². The molecule has 0 saturated carbocycles. The van der Waals surface area contributed by atoms with Gasteiger partial charge in [0.2, 0.25) is 0 Å². The van der Waals surface area contributed by atoms with Crippen molar-refractivity contribution in [3.05, 3.63) is 59.7 Å². The number of nitrogen functional groups attached to an aromatic ring is 1. The Hall–Kier alpha value is -2.86. The van der Waals surface area contributed by atoms with E-state index in [1.165, 1.54) is 10.6 Å². The minimum absolute atomic E-state index is 0.175. The monoisotopic (exact) mass is 350 g/mol. The van der Waals surface area contributed by atoms with Gasteiger partial charge in [-0.05, 0) is 36.4 Å². The highest BCUT2D eigenvalue weighted by atomic mass is 16.2. The van der Waals surface area contributed by atoms with Crippen LogP contribution in [0.25, 0.3) is 0 Å². The molecule has 1 fully saturated rings. The summed E-state index contributed by atoms with van der Waals surface area (Å²) >= 11 is 0. The van der Waals surface area contributed by atoms with E-state index >= 15 is 0 Å². The summed E-state index contributed by atoms with van der Waals surface area (Å²) < 4.78 is 0. The first kappa shape index (κ1) is 16.6. The molecule has 2 aliphatic rings. The number of nitrogens with zero attached hydrogens (tertiary/aromatic N) is 3. The Bertz CT molecular complexity index is 791. The Morgan fingerprint density at radius 2 is 1.35 bits per heavy atom. The van der Waals surface area contributed by atoms with Gasteiger partial charge in [0, 0.05) is 50.6 Å².